The highest BCUT2D eigenvalue weighted by atomic mass is 32.1. The van der Waals surface area contributed by atoms with Gasteiger partial charge in [0.15, 0.2) is 0 Å². The lowest BCUT2D eigenvalue weighted by Gasteiger charge is -2.16. The summed E-state index contributed by atoms with van der Waals surface area (Å²) in [4.78, 5) is 15.8. The third kappa shape index (κ3) is 3.03. The Kier molecular flexibility index (Phi) is 4.49. The van der Waals surface area contributed by atoms with Gasteiger partial charge in [-0.2, -0.15) is 0 Å². The number of thiophene rings is 1. The van der Waals surface area contributed by atoms with Crippen LogP contribution in [0.15, 0.2) is 29.6 Å². The van der Waals surface area contributed by atoms with E-state index in [9.17, 15) is 10.1 Å². The molecule has 0 aliphatic heterocycles. The van der Waals surface area contributed by atoms with E-state index in [1.165, 1.54) is 12.1 Å². The number of anilines is 2. The van der Waals surface area contributed by atoms with Crippen LogP contribution in [0.4, 0.5) is 17.3 Å². The molecule has 2 aromatic rings. The SMILES string of the molecule is CCC(Nc1nc(NN)ccc1[N+](=O)[O-])c1cccs1. The fourth-order valence-electron chi connectivity index (χ4n) is 1.81. The molecule has 0 aliphatic rings. The van der Waals surface area contributed by atoms with Gasteiger partial charge < -0.3 is 10.7 Å². The Morgan fingerprint density at radius 3 is 2.85 bits per heavy atom. The second kappa shape index (κ2) is 6.31. The van der Waals surface area contributed by atoms with Crippen molar-refractivity contribution in [2.75, 3.05) is 10.7 Å². The molecule has 20 heavy (non-hydrogen) atoms. The van der Waals surface area contributed by atoms with Crippen LogP contribution in [0.25, 0.3) is 0 Å². The summed E-state index contributed by atoms with van der Waals surface area (Å²) >= 11 is 1.60. The molecule has 4 N–H and O–H groups in total. The first-order valence-corrected chi connectivity index (χ1v) is 6.95. The molecular formula is C12H15N5O2S. The van der Waals surface area contributed by atoms with Gasteiger partial charge in [-0.05, 0) is 23.9 Å². The van der Waals surface area contributed by atoms with Crippen molar-refractivity contribution in [2.45, 2.75) is 19.4 Å². The number of rotatable bonds is 6. The topological polar surface area (TPSA) is 106 Å². The van der Waals surface area contributed by atoms with Gasteiger partial charge in [-0.3, -0.25) is 10.1 Å². The van der Waals surface area contributed by atoms with E-state index in [2.05, 4.69) is 15.7 Å². The van der Waals surface area contributed by atoms with E-state index in [4.69, 9.17) is 5.84 Å². The Balaban J connectivity index is 2.33. The normalized spacial score (nSPS) is 11.9. The molecule has 8 heteroatoms. The van der Waals surface area contributed by atoms with E-state index >= 15 is 0 Å². The average molecular weight is 293 g/mol. The van der Waals surface area contributed by atoms with E-state index in [0.717, 1.165) is 11.3 Å². The quantitative estimate of drug-likeness (QED) is 0.429. The largest absolute Gasteiger partial charge is 0.357 e. The highest BCUT2D eigenvalue weighted by Gasteiger charge is 2.20. The van der Waals surface area contributed by atoms with Crippen LogP contribution >= 0.6 is 11.3 Å². The summed E-state index contributed by atoms with van der Waals surface area (Å²) in [5.74, 6) is 5.88. The lowest BCUT2D eigenvalue weighted by Crippen LogP contribution is -2.14. The van der Waals surface area contributed by atoms with Gasteiger partial charge >= 0.3 is 5.69 Å². The standard InChI is InChI=1S/C12H15N5O2S/c1-2-8(10-4-3-7-20-10)14-12-9(17(18)19)5-6-11(15-12)16-13/h3-8H,2,13H2,1H3,(H2,14,15,16). The van der Waals surface area contributed by atoms with E-state index in [1.807, 2.05) is 24.4 Å². The lowest BCUT2D eigenvalue weighted by atomic mass is 10.2. The van der Waals surface area contributed by atoms with Crippen molar-refractivity contribution in [2.24, 2.45) is 5.84 Å². The molecule has 2 heterocycles. The van der Waals surface area contributed by atoms with E-state index in [-0.39, 0.29) is 17.5 Å². The molecule has 1 unspecified atom stereocenters. The summed E-state index contributed by atoms with van der Waals surface area (Å²) in [6.45, 7) is 2.01. The second-order valence-electron chi connectivity index (χ2n) is 4.09. The molecule has 0 amide bonds. The number of hydrogen-bond donors (Lipinski definition) is 3. The third-order valence-corrected chi connectivity index (χ3v) is 3.81. The summed E-state index contributed by atoms with van der Waals surface area (Å²) in [6.07, 6.45) is 0.791. The van der Waals surface area contributed by atoms with Crippen molar-refractivity contribution in [3.63, 3.8) is 0 Å². The van der Waals surface area contributed by atoms with Crippen LogP contribution in [0.1, 0.15) is 24.3 Å². The predicted molar refractivity (Wildman–Crippen MR) is 79.7 cm³/mol. The molecule has 2 aromatic heterocycles. The third-order valence-electron chi connectivity index (χ3n) is 2.82. The van der Waals surface area contributed by atoms with Gasteiger partial charge in [0.2, 0.25) is 5.82 Å². The van der Waals surface area contributed by atoms with E-state index < -0.39 is 4.92 Å². The predicted octanol–water partition coefficient (Wildman–Crippen LogP) is 2.90. The molecule has 0 saturated heterocycles. The van der Waals surface area contributed by atoms with Crippen LogP contribution in [0.5, 0.6) is 0 Å². The Bertz CT molecular complexity index is 588. The van der Waals surface area contributed by atoms with Crippen molar-refractivity contribution < 1.29 is 4.92 Å². The molecule has 1 atom stereocenters. The minimum Gasteiger partial charge on any atom is -0.357 e. The van der Waals surface area contributed by atoms with E-state index in [1.54, 1.807) is 11.3 Å². The number of hydrogen-bond acceptors (Lipinski definition) is 7. The van der Waals surface area contributed by atoms with Crippen molar-refractivity contribution in [1.29, 1.82) is 0 Å². The van der Waals surface area contributed by atoms with Crippen molar-refractivity contribution in [3.05, 3.63) is 44.6 Å². The molecule has 0 aromatic carbocycles. The number of nitrogen functional groups attached to an aromatic ring is 1. The fraction of sp³-hybridized carbons (Fsp3) is 0.250. The molecule has 0 bridgehead atoms. The van der Waals surface area contributed by atoms with Gasteiger partial charge in [0.05, 0.1) is 11.0 Å². The number of hydrazine groups is 1. The van der Waals surface area contributed by atoms with Gasteiger partial charge in [-0.15, -0.1) is 11.3 Å². The molecule has 0 spiro atoms. The maximum Gasteiger partial charge on any atom is 0.311 e. The molecule has 106 valence electrons. The lowest BCUT2D eigenvalue weighted by molar-refractivity contribution is -0.384. The number of aromatic nitrogens is 1. The highest BCUT2D eigenvalue weighted by molar-refractivity contribution is 7.10. The Morgan fingerprint density at radius 1 is 1.50 bits per heavy atom. The van der Waals surface area contributed by atoms with Crippen LogP contribution < -0.4 is 16.6 Å². The van der Waals surface area contributed by atoms with Crippen molar-refractivity contribution >= 4 is 28.7 Å². The number of pyridine rings is 1. The monoisotopic (exact) mass is 293 g/mol. The number of nitro groups is 1. The van der Waals surface area contributed by atoms with Crippen molar-refractivity contribution in [3.8, 4) is 0 Å². The van der Waals surface area contributed by atoms with Crippen molar-refractivity contribution in [1.82, 2.24) is 4.98 Å². The Hall–Kier alpha value is -2.19. The van der Waals surface area contributed by atoms with Crippen LogP contribution in [-0.2, 0) is 0 Å². The van der Waals surface area contributed by atoms with E-state index in [0.29, 0.717) is 5.82 Å². The maximum absolute atomic E-state index is 11.1. The Morgan fingerprint density at radius 2 is 2.30 bits per heavy atom. The summed E-state index contributed by atoms with van der Waals surface area (Å²) in [7, 11) is 0. The summed E-state index contributed by atoms with van der Waals surface area (Å²) in [5, 5.41) is 16.1. The first kappa shape index (κ1) is 14.2. The minimum atomic E-state index is -0.462. The minimum absolute atomic E-state index is 0.0192. The Labute approximate surface area is 120 Å². The smallest absolute Gasteiger partial charge is 0.311 e. The summed E-state index contributed by atoms with van der Waals surface area (Å²) < 4.78 is 0. The van der Waals surface area contributed by atoms with Gasteiger partial charge in [0.1, 0.15) is 5.82 Å². The zero-order valence-corrected chi connectivity index (χ0v) is 11.7. The first-order chi connectivity index (χ1) is 9.65. The zero-order chi connectivity index (χ0) is 14.5. The molecular weight excluding hydrogens is 278 g/mol. The fourth-order valence-corrected chi connectivity index (χ4v) is 2.68. The molecule has 0 saturated carbocycles. The zero-order valence-electron chi connectivity index (χ0n) is 10.9. The molecule has 7 nitrogen and oxygen atoms in total. The average Bonchev–Trinajstić information content (AvgIpc) is 2.98. The van der Waals surface area contributed by atoms with Crippen LogP contribution in [0.3, 0.4) is 0 Å². The van der Waals surface area contributed by atoms with Gasteiger partial charge in [-0.1, -0.05) is 13.0 Å². The first-order valence-electron chi connectivity index (χ1n) is 6.07. The van der Waals surface area contributed by atoms with Crippen LogP contribution in [0.2, 0.25) is 0 Å². The second-order valence-corrected chi connectivity index (χ2v) is 5.07. The summed E-state index contributed by atoms with van der Waals surface area (Å²) in [6, 6.07) is 6.77. The van der Waals surface area contributed by atoms with Gasteiger partial charge in [0.25, 0.3) is 0 Å². The highest BCUT2D eigenvalue weighted by Crippen LogP contribution is 2.30. The van der Waals surface area contributed by atoms with Gasteiger partial charge in [-0.25, -0.2) is 10.8 Å². The van der Waals surface area contributed by atoms with Gasteiger partial charge in [0, 0.05) is 10.9 Å². The van der Waals surface area contributed by atoms with Crippen LogP contribution in [-0.4, -0.2) is 9.91 Å². The summed E-state index contributed by atoms with van der Waals surface area (Å²) in [5.41, 5.74) is 2.32. The molecule has 0 fully saturated rings. The molecule has 0 aliphatic carbocycles. The number of nitrogens with one attached hydrogen (secondary N) is 2. The molecule has 0 radical (unpaired) electrons. The maximum atomic E-state index is 11.1. The molecule has 2 rings (SSSR count). The van der Waals surface area contributed by atoms with Crippen LogP contribution in [0, 0.1) is 10.1 Å². The number of nitrogens with zero attached hydrogens (tertiary/aromatic N) is 2. The number of nitrogens with two attached hydrogens (primary N) is 1.